The van der Waals surface area contributed by atoms with Crippen LogP contribution in [0.4, 0.5) is 0 Å². The van der Waals surface area contributed by atoms with Gasteiger partial charge < -0.3 is 14.2 Å². The van der Waals surface area contributed by atoms with Gasteiger partial charge in [-0.25, -0.2) is 0 Å². The Morgan fingerprint density at radius 1 is 1.00 bits per heavy atom. The van der Waals surface area contributed by atoms with E-state index in [1.165, 1.54) is 6.08 Å². The number of ether oxygens (including phenoxy) is 3. The van der Waals surface area contributed by atoms with Gasteiger partial charge in [0.1, 0.15) is 23.9 Å². The van der Waals surface area contributed by atoms with Gasteiger partial charge >= 0.3 is 0 Å². The molecule has 0 radical (unpaired) electrons. The largest absolute Gasteiger partial charge is 0.490 e. The monoisotopic (exact) mass is 380 g/mol. The Balaban J connectivity index is 2.46. The number of allylic oxidation sites excluding steroid dienone is 1. The fourth-order valence-corrected chi connectivity index (χ4v) is 2.54. The second kappa shape index (κ2) is 10.4. The molecule has 148 valence electrons. The molecule has 0 unspecified atom stereocenters. The second-order valence-corrected chi connectivity index (χ2v) is 6.83. The molecule has 0 aromatic heterocycles. The van der Waals surface area contributed by atoms with Crippen LogP contribution in [0.2, 0.25) is 0 Å². The van der Waals surface area contributed by atoms with E-state index in [0.29, 0.717) is 35.0 Å². The van der Waals surface area contributed by atoms with E-state index in [-0.39, 0.29) is 18.0 Å². The van der Waals surface area contributed by atoms with Gasteiger partial charge in [0.2, 0.25) is 0 Å². The Labute approximate surface area is 167 Å². The number of carbonyl (C=O) groups is 1. The standard InChI is InChI=1S/C24H28O4/c1-6-14-26-20-15-23(27-17(2)3)21(24(16-20)28-18(4)5)12-13-22(25)19-10-8-7-9-11-19/h6-13,15-18H,1,14H2,2-5H3. The maximum absolute atomic E-state index is 12.5. The summed E-state index contributed by atoms with van der Waals surface area (Å²) in [6.07, 6.45) is 4.87. The number of carbonyl (C=O) groups excluding carboxylic acids is 1. The van der Waals surface area contributed by atoms with Gasteiger partial charge in [-0.1, -0.05) is 43.0 Å². The maximum atomic E-state index is 12.5. The van der Waals surface area contributed by atoms with Crippen LogP contribution in [0.3, 0.4) is 0 Å². The van der Waals surface area contributed by atoms with Gasteiger partial charge in [-0.2, -0.15) is 0 Å². The number of rotatable bonds is 10. The lowest BCUT2D eigenvalue weighted by Crippen LogP contribution is -2.11. The molecule has 0 aliphatic rings. The maximum Gasteiger partial charge on any atom is 0.185 e. The number of benzene rings is 2. The van der Waals surface area contributed by atoms with E-state index in [2.05, 4.69) is 6.58 Å². The first-order chi connectivity index (χ1) is 13.4. The van der Waals surface area contributed by atoms with Gasteiger partial charge in [-0.3, -0.25) is 4.79 Å². The fourth-order valence-electron chi connectivity index (χ4n) is 2.54. The Hall–Kier alpha value is -3.01. The predicted molar refractivity (Wildman–Crippen MR) is 113 cm³/mol. The second-order valence-electron chi connectivity index (χ2n) is 6.83. The zero-order valence-electron chi connectivity index (χ0n) is 17.0. The van der Waals surface area contributed by atoms with Crippen LogP contribution in [0.15, 0.2) is 61.2 Å². The Kier molecular flexibility index (Phi) is 7.88. The first-order valence-corrected chi connectivity index (χ1v) is 9.43. The molecule has 4 heteroatoms. The quantitative estimate of drug-likeness (QED) is 0.300. The molecule has 2 rings (SSSR count). The highest BCUT2D eigenvalue weighted by atomic mass is 16.5. The van der Waals surface area contributed by atoms with Crippen molar-refractivity contribution in [1.82, 2.24) is 0 Å². The molecule has 0 spiro atoms. The highest BCUT2D eigenvalue weighted by molar-refractivity contribution is 6.07. The van der Waals surface area contributed by atoms with Crippen LogP contribution in [0.25, 0.3) is 6.08 Å². The zero-order valence-corrected chi connectivity index (χ0v) is 17.0. The SMILES string of the molecule is C=CCOc1cc(OC(C)C)c(C=CC(=O)c2ccccc2)c(OC(C)C)c1. The molecule has 0 saturated heterocycles. The average molecular weight is 380 g/mol. The molecule has 0 N–H and O–H groups in total. The van der Waals surface area contributed by atoms with Crippen molar-refractivity contribution in [3.8, 4) is 17.2 Å². The Morgan fingerprint density at radius 3 is 2.07 bits per heavy atom. The molecule has 4 nitrogen and oxygen atoms in total. The third-order valence-corrected chi connectivity index (χ3v) is 3.63. The van der Waals surface area contributed by atoms with E-state index < -0.39 is 0 Å². The highest BCUT2D eigenvalue weighted by Gasteiger charge is 2.15. The van der Waals surface area contributed by atoms with Crippen molar-refractivity contribution in [3.05, 3.63) is 72.3 Å². The summed E-state index contributed by atoms with van der Waals surface area (Å²) in [6.45, 7) is 11.8. The molecule has 0 fully saturated rings. The lowest BCUT2D eigenvalue weighted by atomic mass is 10.1. The normalized spacial score (nSPS) is 11.1. The minimum absolute atomic E-state index is 0.0430. The summed E-state index contributed by atoms with van der Waals surface area (Å²) in [4.78, 5) is 12.5. The topological polar surface area (TPSA) is 44.8 Å². The molecule has 28 heavy (non-hydrogen) atoms. The lowest BCUT2D eigenvalue weighted by Gasteiger charge is -2.19. The van der Waals surface area contributed by atoms with Crippen molar-refractivity contribution in [3.63, 3.8) is 0 Å². The van der Waals surface area contributed by atoms with E-state index in [4.69, 9.17) is 14.2 Å². The summed E-state index contributed by atoms with van der Waals surface area (Å²) in [5.74, 6) is 1.74. The van der Waals surface area contributed by atoms with Gasteiger partial charge in [0.25, 0.3) is 0 Å². The minimum atomic E-state index is -0.0847. The van der Waals surface area contributed by atoms with Crippen molar-refractivity contribution < 1.29 is 19.0 Å². The molecule has 0 saturated carbocycles. The van der Waals surface area contributed by atoms with Crippen molar-refractivity contribution in [2.45, 2.75) is 39.9 Å². The predicted octanol–water partition coefficient (Wildman–Crippen LogP) is 5.72. The molecule has 0 aliphatic heterocycles. The first kappa shape index (κ1) is 21.3. The molecular weight excluding hydrogens is 352 g/mol. The number of hydrogen-bond acceptors (Lipinski definition) is 4. The molecular formula is C24H28O4. The molecule has 0 heterocycles. The highest BCUT2D eigenvalue weighted by Crippen LogP contribution is 2.37. The number of ketones is 1. The molecule has 0 atom stereocenters. The van der Waals surface area contributed by atoms with Crippen molar-refractivity contribution in [1.29, 1.82) is 0 Å². The van der Waals surface area contributed by atoms with Gasteiger partial charge in [0.15, 0.2) is 5.78 Å². The van der Waals surface area contributed by atoms with Gasteiger partial charge in [0, 0.05) is 17.7 Å². The van der Waals surface area contributed by atoms with Crippen LogP contribution in [0.5, 0.6) is 17.2 Å². The third-order valence-electron chi connectivity index (χ3n) is 3.63. The first-order valence-electron chi connectivity index (χ1n) is 9.43. The zero-order chi connectivity index (χ0) is 20.5. The van der Waals surface area contributed by atoms with Crippen molar-refractivity contribution >= 4 is 11.9 Å². The van der Waals surface area contributed by atoms with Crippen LogP contribution in [-0.4, -0.2) is 24.6 Å². The minimum Gasteiger partial charge on any atom is -0.490 e. The van der Waals surface area contributed by atoms with Crippen molar-refractivity contribution in [2.75, 3.05) is 6.61 Å². The van der Waals surface area contributed by atoms with Crippen LogP contribution in [-0.2, 0) is 0 Å². The summed E-state index contributed by atoms with van der Waals surface area (Å²) < 4.78 is 17.6. The van der Waals surface area contributed by atoms with Crippen LogP contribution in [0.1, 0.15) is 43.6 Å². The van der Waals surface area contributed by atoms with Crippen LogP contribution in [0, 0.1) is 0 Å². The molecule has 0 bridgehead atoms. The fraction of sp³-hybridized carbons (Fsp3) is 0.292. The summed E-state index contributed by atoms with van der Waals surface area (Å²) in [5.41, 5.74) is 1.33. The van der Waals surface area contributed by atoms with Crippen LogP contribution < -0.4 is 14.2 Å². The lowest BCUT2D eigenvalue weighted by molar-refractivity contribution is 0.104. The number of hydrogen-bond donors (Lipinski definition) is 0. The average Bonchev–Trinajstić information content (AvgIpc) is 2.65. The van der Waals surface area contributed by atoms with Gasteiger partial charge in [-0.05, 0) is 39.8 Å². The third kappa shape index (κ3) is 6.31. The Morgan fingerprint density at radius 2 is 1.57 bits per heavy atom. The van der Waals surface area contributed by atoms with E-state index in [9.17, 15) is 4.79 Å². The summed E-state index contributed by atoms with van der Waals surface area (Å²) in [7, 11) is 0. The summed E-state index contributed by atoms with van der Waals surface area (Å²) in [5, 5.41) is 0. The van der Waals surface area contributed by atoms with E-state index in [1.54, 1.807) is 24.3 Å². The summed E-state index contributed by atoms with van der Waals surface area (Å²) >= 11 is 0. The van der Waals surface area contributed by atoms with Crippen molar-refractivity contribution in [2.24, 2.45) is 0 Å². The van der Waals surface area contributed by atoms with Crippen LogP contribution >= 0.6 is 0 Å². The Bertz CT molecular complexity index is 789. The van der Waals surface area contributed by atoms with E-state index in [1.807, 2.05) is 58.0 Å². The molecule has 0 amide bonds. The van der Waals surface area contributed by atoms with E-state index in [0.717, 1.165) is 0 Å². The molecule has 2 aromatic carbocycles. The van der Waals surface area contributed by atoms with Gasteiger partial charge in [-0.15, -0.1) is 0 Å². The van der Waals surface area contributed by atoms with E-state index >= 15 is 0 Å². The molecule has 0 aliphatic carbocycles. The van der Waals surface area contributed by atoms with Gasteiger partial charge in [0.05, 0.1) is 17.8 Å². The molecule has 2 aromatic rings. The summed E-state index contributed by atoms with van der Waals surface area (Å²) in [6, 6.07) is 12.8. The smallest absolute Gasteiger partial charge is 0.185 e.